The van der Waals surface area contributed by atoms with E-state index >= 15 is 0 Å². The van der Waals surface area contributed by atoms with Crippen LogP contribution < -0.4 is 5.32 Å². The highest BCUT2D eigenvalue weighted by Crippen LogP contribution is 2.18. The maximum atomic E-state index is 13.7. The molecule has 24 heavy (non-hydrogen) atoms. The first-order valence-electron chi connectivity index (χ1n) is 6.73. The van der Waals surface area contributed by atoms with E-state index in [2.05, 4.69) is 15.5 Å². The van der Waals surface area contributed by atoms with Crippen molar-refractivity contribution in [3.63, 3.8) is 0 Å². The van der Waals surface area contributed by atoms with E-state index in [9.17, 15) is 18.8 Å². The van der Waals surface area contributed by atoms with Gasteiger partial charge in [-0.2, -0.15) is 0 Å². The maximum Gasteiger partial charge on any atom is 0.303 e. The molecule has 0 unspecified atom stereocenters. The van der Waals surface area contributed by atoms with Crippen LogP contribution in [0.5, 0.6) is 0 Å². The molecule has 0 fully saturated rings. The SMILES string of the molecule is Cc1ccc(NC(=O)c2nn(C(=O)CCC(=O)O)nc2Cl)c(F)c1. The quantitative estimate of drug-likeness (QED) is 0.850. The van der Waals surface area contributed by atoms with Crippen LogP contribution in [0.3, 0.4) is 0 Å². The van der Waals surface area contributed by atoms with Gasteiger partial charge in [-0.15, -0.1) is 15.0 Å². The van der Waals surface area contributed by atoms with Crippen molar-refractivity contribution in [1.29, 1.82) is 0 Å². The zero-order valence-electron chi connectivity index (χ0n) is 12.4. The van der Waals surface area contributed by atoms with E-state index in [-0.39, 0.29) is 23.0 Å². The van der Waals surface area contributed by atoms with E-state index in [0.29, 0.717) is 10.4 Å². The number of anilines is 1. The van der Waals surface area contributed by atoms with Gasteiger partial charge in [-0.05, 0) is 24.6 Å². The lowest BCUT2D eigenvalue weighted by atomic mass is 10.2. The number of nitrogens with zero attached hydrogens (tertiary/aromatic N) is 3. The highest BCUT2D eigenvalue weighted by molar-refractivity contribution is 6.33. The van der Waals surface area contributed by atoms with E-state index in [1.807, 2.05) is 0 Å². The number of nitrogens with one attached hydrogen (secondary N) is 1. The van der Waals surface area contributed by atoms with Gasteiger partial charge in [0.1, 0.15) is 5.82 Å². The predicted octanol–water partition coefficient (Wildman–Crippen LogP) is 2.14. The van der Waals surface area contributed by atoms with Crippen LogP contribution in [0, 0.1) is 12.7 Å². The largest absolute Gasteiger partial charge is 0.481 e. The number of aryl methyl sites for hydroxylation is 1. The Labute approximate surface area is 140 Å². The van der Waals surface area contributed by atoms with Crippen LogP contribution in [0.2, 0.25) is 5.15 Å². The molecule has 0 aliphatic rings. The first-order chi connectivity index (χ1) is 11.3. The normalized spacial score (nSPS) is 10.5. The minimum atomic E-state index is -1.16. The second kappa shape index (κ2) is 7.18. The summed E-state index contributed by atoms with van der Waals surface area (Å²) in [6.45, 7) is 1.69. The molecule has 2 aromatic rings. The zero-order valence-corrected chi connectivity index (χ0v) is 13.2. The molecule has 126 valence electrons. The van der Waals surface area contributed by atoms with Crippen LogP contribution in [0.15, 0.2) is 18.2 Å². The van der Waals surface area contributed by atoms with Gasteiger partial charge in [-0.1, -0.05) is 17.7 Å². The van der Waals surface area contributed by atoms with Crippen LogP contribution >= 0.6 is 11.6 Å². The van der Waals surface area contributed by atoms with Crippen molar-refractivity contribution in [1.82, 2.24) is 15.0 Å². The van der Waals surface area contributed by atoms with Crippen LogP contribution in [0.4, 0.5) is 10.1 Å². The van der Waals surface area contributed by atoms with Crippen molar-refractivity contribution in [3.8, 4) is 0 Å². The van der Waals surface area contributed by atoms with Gasteiger partial charge in [0.2, 0.25) is 0 Å². The van der Waals surface area contributed by atoms with Gasteiger partial charge in [-0.25, -0.2) is 4.39 Å². The standard InChI is InChI=1S/C14H12ClFN4O4/c1-7-2-3-9(8(16)6-7)17-14(24)12-13(15)19-20(18-12)10(21)4-5-11(22)23/h2-3,6H,4-5H2,1H3,(H,17,24)(H,22,23). The molecule has 0 aliphatic heterocycles. The van der Waals surface area contributed by atoms with E-state index < -0.39 is 30.0 Å². The minimum Gasteiger partial charge on any atom is -0.481 e. The fourth-order valence-electron chi connectivity index (χ4n) is 1.76. The third kappa shape index (κ3) is 4.13. The Bertz CT molecular complexity index is 821. The number of amides is 1. The number of rotatable bonds is 5. The van der Waals surface area contributed by atoms with E-state index in [0.717, 1.165) is 0 Å². The Morgan fingerprint density at radius 3 is 2.62 bits per heavy atom. The highest BCUT2D eigenvalue weighted by Gasteiger charge is 2.21. The summed E-state index contributed by atoms with van der Waals surface area (Å²) < 4.78 is 13.7. The number of hydrogen-bond donors (Lipinski definition) is 2. The van der Waals surface area contributed by atoms with Crippen molar-refractivity contribution < 1.29 is 23.9 Å². The molecule has 1 aromatic heterocycles. The number of benzene rings is 1. The summed E-state index contributed by atoms with van der Waals surface area (Å²) in [4.78, 5) is 34.8. The molecule has 1 heterocycles. The molecule has 2 N–H and O–H groups in total. The first kappa shape index (κ1) is 17.5. The molecular weight excluding hydrogens is 343 g/mol. The molecule has 0 atom stereocenters. The monoisotopic (exact) mass is 354 g/mol. The van der Waals surface area contributed by atoms with E-state index in [1.165, 1.54) is 12.1 Å². The first-order valence-corrected chi connectivity index (χ1v) is 7.11. The summed E-state index contributed by atoms with van der Waals surface area (Å²) in [5.41, 5.74) is 0.229. The maximum absolute atomic E-state index is 13.7. The Balaban J connectivity index is 2.15. The molecular formula is C14H12ClFN4O4. The van der Waals surface area contributed by atoms with Gasteiger partial charge >= 0.3 is 5.97 Å². The van der Waals surface area contributed by atoms with Crippen LogP contribution in [0.1, 0.15) is 33.7 Å². The van der Waals surface area contributed by atoms with Gasteiger partial charge in [0.25, 0.3) is 11.8 Å². The highest BCUT2D eigenvalue weighted by atomic mass is 35.5. The van der Waals surface area contributed by atoms with E-state index in [1.54, 1.807) is 13.0 Å². The summed E-state index contributed by atoms with van der Waals surface area (Å²) >= 11 is 5.76. The lowest BCUT2D eigenvalue weighted by molar-refractivity contribution is -0.137. The second-order valence-corrected chi connectivity index (χ2v) is 5.21. The van der Waals surface area contributed by atoms with Gasteiger partial charge in [0.05, 0.1) is 12.1 Å². The number of hydrogen-bond acceptors (Lipinski definition) is 5. The smallest absolute Gasteiger partial charge is 0.303 e. The van der Waals surface area contributed by atoms with Gasteiger partial charge in [-0.3, -0.25) is 14.4 Å². The fraction of sp³-hybridized carbons (Fsp3) is 0.214. The Hall–Kier alpha value is -2.81. The van der Waals surface area contributed by atoms with Crippen molar-refractivity contribution in [3.05, 3.63) is 40.4 Å². The average Bonchev–Trinajstić information content (AvgIpc) is 2.89. The van der Waals surface area contributed by atoms with Crippen LogP contribution in [-0.2, 0) is 4.79 Å². The number of aromatic nitrogens is 3. The van der Waals surface area contributed by atoms with Crippen molar-refractivity contribution in [2.24, 2.45) is 0 Å². The molecule has 10 heteroatoms. The molecule has 0 aliphatic carbocycles. The average molecular weight is 355 g/mol. The third-order valence-electron chi connectivity index (χ3n) is 2.94. The van der Waals surface area contributed by atoms with Gasteiger partial charge in [0, 0.05) is 6.42 Å². The molecule has 0 radical (unpaired) electrons. The minimum absolute atomic E-state index is 0.0755. The number of carboxylic acid groups (broad SMARTS) is 1. The van der Waals surface area contributed by atoms with Crippen molar-refractivity contribution in [2.45, 2.75) is 19.8 Å². The van der Waals surface area contributed by atoms with Crippen molar-refractivity contribution >= 4 is 35.1 Å². The molecule has 1 aromatic carbocycles. The van der Waals surface area contributed by atoms with Crippen LogP contribution in [-0.4, -0.2) is 37.9 Å². The topological polar surface area (TPSA) is 114 Å². The molecule has 0 spiro atoms. The molecule has 0 bridgehead atoms. The van der Waals surface area contributed by atoms with Crippen LogP contribution in [0.25, 0.3) is 0 Å². The number of halogens is 2. The Morgan fingerprint density at radius 2 is 2.00 bits per heavy atom. The molecule has 0 saturated carbocycles. The van der Waals surface area contributed by atoms with Gasteiger partial charge in [0.15, 0.2) is 10.8 Å². The molecule has 0 saturated heterocycles. The number of carbonyl (C=O) groups excluding carboxylic acids is 2. The summed E-state index contributed by atoms with van der Waals surface area (Å²) in [6.07, 6.45) is -0.762. The predicted molar refractivity (Wildman–Crippen MR) is 81.6 cm³/mol. The number of aliphatic carboxylic acids is 1. The number of carbonyl (C=O) groups is 3. The second-order valence-electron chi connectivity index (χ2n) is 4.85. The fourth-order valence-corrected chi connectivity index (χ4v) is 1.95. The Morgan fingerprint density at radius 1 is 1.29 bits per heavy atom. The lowest BCUT2D eigenvalue weighted by Gasteiger charge is -2.05. The van der Waals surface area contributed by atoms with Crippen molar-refractivity contribution in [2.75, 3.05) is 5.32 Å². The lowest BCUT2D eigenvalue weighted by Crippen LogP contribution is -2.18. The van der Waals surface area contributed by atoms with Gasteiger partial charge < -0.3 is 10.4 Å². The number of carboxylic acids is 1. The summed E-state index contributed by atoms with van der Waals surface area (Å²) in [5, 5.41) is 17.6. The summed E-state index contributed by atoms with van der Waals surface area (Å²) in [5.74, 6) is -3.38. The summed E-state index contributed by atoms with van der Waals surface area (Å²) in [7, 11) is 0. The Kier molecular flexibility index (Phi) is 5.24. The molecule has 1 amide bonds. The molecule has 8 nitrogen and oxygen atoms in total. The van der Waals surface area contributed by atoms with E-state index in [4.69, 9.17) is 16.7 Å². The summed E-state index contributed by atoms with van der Waals surface area (Å²) in [6, 6.07) is 4.22. The third-order valence-corrected chi connectivity index (χ3v) is 3.19. The molecule has 2 rings (SSSR count). The zero-order chi connectivity index (χ0) is 17.9.